The second-order valence-electron chi connectivity index (χ2n) is 7.24. The van der Waals surface area contributed by atoms with Crippen LogP contribution in [0.2, 0.25) is 0 Å². The summed E-state index contributed by atoms with van der Waals surface area (Å²) in [5, 5.41) is -0.583. The Kier molecular flexibility index (Phi) is 6.08. The fraction of sp³-hybridized carbons (Fsp3) is 0.579. The van der Waals surface area contributed by atoms with Crippen molar-refractivity contribution in [2.24, 2.45) is 0 Å². The van der Waals surface area contributed by atoms with Crippen molar-refractivity contribution in [3.05, 3.63) is 29.5 Å². The van der Waals surface area contributed by atoms with Gasteiger partial charge in [0.25, 0.3) is 0 Å². The number of aryl methyl sites for hydroxylation is 1. The van der Waals surface area contributed by atoms with E-state index in [0.29, 0.717) is 11.9 Å². The van der Waals surface area contributed by atoms with Crippen LogP contribution in [0.3, 0.4) is 0 Å². The molecule has 1 N–H and O–H groups in total. The zero-order valence-electron chi connectivity index (χ0n) is 15.8. The van der Waals surface area contributed by atoms with Gasteiger partial charge in [-0.15, -0.1) is 0 Å². The summed E-state index contributed by atoms with van der Waals surface area (Å²) < 4.78 is 11.6. The monoisotopic (exact) mass is 346 g/mol. The van der Waals surface area contributed by atoms with Crippen LogP contribution < -0.4 is 4.74 Å². The molecule has 0 saturated carbocycles. The molecule has 1 aromatic heterocycles. The molecule has 1 aromatic carbocycles. The predicted molar refractivity (Wildman–Crippen MR) is 108 cm³/mol. The van der Waals surface area contributed by atoms with E-state index in [0.717, 1.165) is 67.5 Å². The third-order valence-corrected chi connectivity index (χ3v) is 4.87. The first-order valence-electron chi connectivity index (χ1n) is 9.36. The highest BCUT2D eigenvalue weighted by Gasteiger charge is 2.23. The summed E-state index contributed by atoms with van der Waals surface area (Å²) in [5.41, 5.74) is 3.23. The van der Waals surface area contributed by atoms with Crippen LogP contribution in [0.25, 0.3) is 10.9 Å². The molecule has 0 unspecified atom stereocenters. The first-order valence-corrected chi connectivity index (χ1v) is 9.36. The van der Waals surface area contributed by atoms with Gasteiger partial charge in [0.2, 0.25) is 0 Å². The Morgan fingerprint density at radius 2 is 2.00 bits per heavy atom. The van der Waals surface area contributed by atoms with Crippen molar-refractivity contribution in [2.45, 2.75) is 51.1 Å². The molecule has 1 aliphatic heterocycles. The Hall–Kier alpha value is -1.33. The molecule has 0 spiro atoms. The second-order valence-corrected chi connectivity index (χ2v) is 7.24. The van der Waals surface area contributed by atoms with E-state index >= 15 is 0 Å². The number of nitrogens with zero attached hydrogens (tertiary/aromatic N) is 1. The van der Waals surface area contributed by atoms with Gasteiger partial charge < -0.3 is 14.5 Å². The molecular weight excluding hydrogens is 321 g/mol. The van der Waals surface area contributed by atoms with Crippen molar-refractivity contribution in [3.63, 3.8) is 0 Å². The molecule has 0 aliphatic carbocycles. The molecule has 4 nitrogen and oxygen atoms in total. The van der Waals surface area contributed by atoms with Gasteiger partial charge in [-0.05, 0) is 49.2 Å². The molecule has 0 atom stereocenters. The summed E-state index contributed by atoms with van der Waals surface area (Å²) in [6.45, 7) is 7.76. The SMILES string of the molecule is [B]C([B])([B])Oc1cc(C)c2[nH]ccc2c1CN1CCC(OCCC)CC1. The van der Waals surface area contributed by atoms with Gasteiger partial charge in [0.15, 0.2) is 0 Å². The van der Waals surface area contributed by atoms with Crippen LogP contribution in [0.15, 0.2) is 18.3 Å². The molecular formula is C19H25B3N2O2. The molecule has 2 heterocycles. The number of hydrogen-bond acceptors (Lipinski definition) is 3. The van der Waals surface area contributed by atoms with Gasteiger partial charge in [-0.2, -0.15) is 0 Å². The lowest BCUT2D eigenvalue weighted by Crippen LogP contribution is -2.39. The number of aromatic nitrogens is 1. The van der Waals surface area contributed by atoms with E-state index in [9.17, 15) is 0 Å². The molecule has 2 aromatic rings. The summed E-state index contributed by atoms with van der Waals surface area (Å²) in [4.78, 5) is 5.72. The lowest BCUT2D eigenvalue weighted by atomic mass is 9.52. The molecule has 3 rings (SSSR count). The minimum atomic E-state index is -1.70. The van der Waals surface area contributed by atoms with E-state index < -0.39 is 5.30 Å². The maximum Gasteiger partial charge on any atom is 0.122 e. The van der Waals surface area contributed by atoms with Crippen molar-refractivity contribution in [1.29, 1.82) is 0 Å². The number of H-pyrrole nitrogens is 1. The topological polar surface area (TPSA) is 37.5 Å². The third kappa shape index (κ3) is 4.69. The van der Waals surface area contributed by atoms with Gasteiger partial charge in [-0.25, -0.2) is 0 Å². The van der Waals surface area contributed by atoms with Crippen molar-refractivity contribution in [1.82, 2.24) is 9.88 Å². The van der Waals surface area contributed by atoms with Crippen LogP contribution in [-0.4, -0.2) is 64.5 Å². The lowest BCUT2D eigenvalue weighted by molar-refractivity contribution is 0.00621. The summed E-state index contributed by atoms with van der Waals surface area (Å²) in [7, 11) is 17.1. The highest BCUT2D eigenvalue weighted by Crippen LogP contribution is 2.33. The van der Waals surface area contributed by atoms with Crippen LogP contribution in [0, 0.1) is 6.92 Å². The number of ether oxygens (including phenoxy) is 2. The van der Waals surface area contributed by atoms with E-state index in [2.05, 4.69) is 22.9 Å². The minimum absolute atomic E-state index is 0.372. The van der Waals surface area contributed by atoms with Crippen LogP contribution >= 0.6 is 0 Å². The highest BCUT2D eigenvalue weighted by atomic mass is 16.5. The van der Waals surface area contributed by atoms with Crippen molar-refractivity contribution >= 4 is 34.4 Å². The van der Waals surface area contributed by atoms with Crippen LogP contribution in [-0.2, 0) is 11.3 Å². The zero-order valence-corrected chi connectivity index (χ0v) is 15.8. The summed E-state index contributed by atoms with van der Waals surface area (Å²) >= 11 is 0. The number of likely N-dealkylation sites (tertiary alicyclic amines) is 1. The van der Waals surface area contributed by atoms with Gasteiger partial charge in [-0.1, -0.05) is 6.92 Å². The molecule has 1 aliphatic rings. The normalized spacial score (nSPS) is 17.0. The Bertz CT molecular complexity index is 734. The van der Waals surface area contributed by atoms with E-state index in [4.69, 9.17) is 33.0 Å². The fourth-order valence-corrected chi connectivity index (χ4v) is 3.62. The number of fused-ring (bicyclic) bond motifs is 1. The van der Waals surface area contributed by atoms with Gasteiger partial charge in [0.05, 0.1) is 6.10 Å². The average Bonchev–Trinajstić information content (AvgIpc) is 3.06. The van der Waals surface area contributed by atoms with E-state index in [1.54, 1.807) is 0 Å². The maximum atomic E-state index is 5.89. The van der Waals surface area contributed by atoms with E-state index in [-0.39, 0.29) is 0 Å². The van der Waals surface area contributed by atoms with Crippen molar-refractivity contribution in [2.75, 3.05) is 19.7 Å². The van der Waals surface area contributed by atoms with E-state index in [1.807, 2.05) is 19.2 Å². The summed E-state index contributed by atoms with van der Waals surface area (Å²) in [6.07, 6.45) is 5.47. The number of benzene rings is 1. The van der Waals surface area contributed by atoms with Gasteiger partial charge in [0, 0.05) is 48.9 Å². The first kappa shape index (κ1) is 19.4. The Morgan fingerprint density at radius 1 is 1.27 bits per heavy atom. The Balaban J connectivity index is 1.79. The second kappa shape index (κ2) is 8.14. The smallest absolute Gasteiger partial charge is 0.122 e. The van der Waals surface area contributed by atoms with Gasteiger partial charge in [-0.3, -0.25) is 4.90 Å². The molecule has 1 saturated heterocycles. The van der Waals surface area contributed by atoms with E-state index in [1.165, 1.54) is 0 Å². The largest absolute Gasteiger partial charge is 0.515 e. The molecule has 0 bridgehead atoms. The predicted octanol–water partition coefficient (Wildman–Crippen LogP) is 2.36. The first-order chi connectivity index (χ1) is 12.4. The highest BCUT2D eigenvalue weighted by molar-refractivity contribution is 6.58. The maximum absolute atomic E-state index is 5.89. The lowest BCUT2D eigenvalue weighted by Gasteiger charge is -2.33. The molecule has 132 valence electrons. The molecule has 7 heteroatoms. The van der Waals surface area contributed by atoms with Crippen LogP contribution in [0.5, 0.6) is 5.75 Å². The minimum Gasteiger partial charge on any atom is -0.515 e. The molecule has 6 radical (unpaired) electrons. The number of rotatable bonds is 7. The molecule has 26 heavy (non-hydrogen) atoms. The quantitative estimate of drug-likeness (QED) is 0.783. The van der Waals surface area contributed by atoms with Crippen molar-refractivity contribution in [3.8, 4) is 5.75 Å². The number of aromatic amines is 1. The number of hydrogen-bond donors (Lipinski definition) is 1. The third-order valence-electron chi connectivity index (χ3n) is 4.87. The van der Waals surface area contributed by atoms with Crippen LogP contribution in [0.1, 0.15) is 37.3 Å². The van der Waals surface area contributed by atoms with Crippen molar-refractivity contribution < 1.29 is 9.47 Å². The Labute approximate surface area is 160 Å². The zero-order chi connectivity index (χ0) is 18.7. The summed E-state index contributed by atoms with van der Waals surface area (Å²) in [5.74, 6) is 0.645. The Morgan fingerprint density at radius 3 is 2.65 bits per heavy atom. The van der Waals surface area contributed by atoms with Gasteiger partial charge >= 0.3 is 0 Å². The van der Waals surface area contributed by atoms with Gasteiger partial charge in [0.1, 0.15) is 29.3 Å². The summed E-state index contributed by atoms with van der Waals surface area (Å²) in [6, 6.07) is 4.01. The number of piperidine rings is 1. The van der Waals surface area contributed by atoms with Crippen LogP contribution in [0.4, 0.5) is 0 Å². The molecule has 0 amide bonds. The molecule has 1 fully saturated rings. The fourth-order valence-electron chi connectivity index (χ4n) is 3.62. The standard InChI is InChI=1S/C19H25B3N2O2/c1-3-10-25-14-5-8-24(9-6-14)12-16-15-4-7-23-18(15)13(2)11-17(16)26-19(20,21)22/h4,7,11,14,23H,3,5-6,8-10,12H2,1-2H3. The average molecular weight is 346 g/mol. The number of nitrogens with one attached hydrogen (secondary N) is 1.